The molecule has 4 bridgehead atoms. The summed E-state index contributed by atoms with van der Waals surface area (Å²) in [5, 5.41) is 0. The average molecular weight is 410 g/mol. The summed E-state index contributed by atoms with van der Waals surface area (Å²) in [6, 6.07) is 26.0. The van der Waals surface area contributed by atoms with Crippen molar-refractivity contribution in [3.63, 3.8) is 0 Å². The van der Waals surface area contributed by atoms with Gasteiger partial charge in [0.2, 0.25) is 0 Å². The van der Waals surface area contributed by atoms with Crippen LogP contribution in [0.15, 0.2) is 77.8 Å². The summed E-state index contributed by atoms with van der Waals surface area (Å²) in [6.45, 7) is 2.39. The van der Waals surface area contributed by atoms with Crippen LogP contribution in [0.3, 0.4) is 0 Å². The second-order valence-corrected chi connectivity index (χ2v) is 9.11. The Morgan fingerprint density at radius 3 is 2.23 bits per heavy atom. The highest BCUT2D eigenvalue weighted by atomic mass is 16.5. The standard InChI is InChI=1S/C28H27NO2/c1-17-23-24-21(20-14-15-22(30-2)27(31-3)25(20)23)16-28(17,19-12-8-5-9-13-19)29-26(24)18-10-6-4-7-11-18/h4-15,17,21,23-24H,16H2,1-3H3/t17-,21-,23-,24-,28+/m0/s1. The van der Waals surface area contributed by atoms with Crippen molar-refractivity contribution in [1.29, 1.82) is 0 Å². The summed E-state index contributed by atoms with van der Waals surface area (Å²) in [5.41, 5.74) is 6.34. The molecule has 2 aliphatic carbocycles. The zero-order chi connectivity index (χ0) is 21.2. The molecule has 0 unspecified atom stereocenters. The fourth-order valence-corrected chi connectivity index (χ4v) is 6.71. The lowest BCUT2D eigenvalue weighted by molar-refractivity contribution is 0.129. The number of nitrogens with zero attached hydrogens (tertiary/aromatic N) is 1. The van der Waals surface area contributed by atoms with E-state index in [9.17, 15) is 0 Å². The topological polar surface area (TPSA) is 30.8 Å². The van der Waals surface area contributed by atoms with Crippen LogP contribution in [0.5, 0.6) is 11.5 Å². The molecule has 0 aromatic heterocycles. The van der Waals surface area contributed by atoms with Crippen LogP contribution in [0.2, 0.25) is 0 Å². The molecule has 0 amide bonds. The van der Waals surface area contributed by atoms with Crippen molar-refractivity contribution >= 4 is 5.71 Å². The van der Waals surface area contributed by atoms with E-state index in [4.69, 9.17) is 14.5 Å². The number of fused-ring (bicyclic) bond motifs is 1. The van der Waals surface area contributed by atoms with Crippen LogP contribution in [-0.4, -0.2) is 19.9 Å². The number of benzene rings is 3. The van der Waals surface area contributed by atoms with E-state index < -0.39 is 0 Å². The summed E-state index contributed by atoms with van der Waals surface area (Å²) in [7, 11) is 3.49. The van der Waals surface area contributed by atoms with Gasteiger partial charge in [0.25, 0.3) is 0 Å². The van der Waals surface area contributed by atoms with Crippen LogP contribution in [0.4, 0.5) is 0 Å². The first-order valence-electron chi connectivity index (χ1n) is 11.1. The predicted octanol–water partition coefficient (Wildman–Crippen LogP) is 5.94. The molecule has 0 spiro atoms. The monoisotopic (exact) mass is 409 g/mol. The number of aliphatic imine (C=N–C) groups is 1. The largest absolute Gasteiger partial charge is 0.493 e. The van der Waals surface area contributed by atoms with Crippen LogP contribution >= 0.6 is 0 Å². The molecule has 3 aromatic carbocycles. The van der Waals surface area contributed by atoms with Crippen molar-refractivity contribution in [3.8, 4) is 11.5 Å². The summed E-state index contributed by atoms with van der Waals surface area (Å²) in [6.07, 6.45) is 1.04. The van der Waals surface area contributed by atoms with Gasteiger partial charge in [-0.3, -0.25) is 4.99 Å². The van der Waals surface area contributed by atoms with Gasteiger partial charge >= 0.3 is 0 Å². The number of hydrogen-bond acceptors (Lipinski definition) is 3. The Bertz CT molecular complexity index is 1170. The van der Waals surface area contributed by atoms with E-state index in [0.29, 0.717) is 23.7 Å². The molecule has 0 N–H and O–H groups in total. The minimum atomic E-state index is -0.228. The van der Waals surface area contributed by atoms with Gasteiger partial charge in [-0.25, -0.2) is 0 Å². The van der Waals surface area contributed by atoms with Gasteiger partial charge in [0, 0.05) is 23.1 Å². The van der Waals surface area contributed by atoms with Gasteiger partial charge in [0.15, 0.2) is 11.5 Å². The molecule has 31 heavy (non-hydrogen) atoms. The van der Waals surface area contributed by atoms with Gasteiger partial charge in [-0.2, -0.15) is 0 Å². The Kier molecular flexibility index (Phi) is 4.05. The van der Waals surface area contributed by atoms with Crippen molar-refractivity contribution in [1.82, 2.24) is 0 Å². The van der Waals surface area contributed by atoms with Crippen LogP contribution in [0.1, 0.15) is 47.4 Å². The number of hydrogen-bond donors (Lipinski definition) is 0. The van der Waals surface area contributed by atoms with Crippen LogP contribution < -0.4 is 9.47 Å². The van der Waals surface area contributed by atoms with Crippen LogP contribution in [-0.2, 0) is 5.54 Å². The third kappa shape index (κ3) is 2.38. The zero-order valence-electron chi connectivity index (χ0n) is 18.2. The summed E-state index contributed by atoms with van der Waals surface area (Å²) < 4.78 is 11.6. The maximum atomic E-state index is 5.96. The maximum absolute atomic E-state index is 5.96. The summed E-state index contributed by atoms with van der Waals surface area (Å²) in [5.74, 6) is 3.26. The molecule has 4 aliphatic rings. The van der Waals surface area contributed by atoms with Crippen molar-refractivity contribution in [2.75, 3.05) is 14.2 Å². The molecule has 5 atom stereocenters. The van der Waals surface area contributed by atoms with E-state index in [1.54, 1.807) is 14.2 Å². The van der Waals surface area contributed by atoms with E-state index in [1.807, 2.05) is 0 Å². The Morgan fingerprint density at radius 2 is 1.55 bits per heavy atom. The molecule has 2 heterocycles. The van der Waals surface area contributed by atoms with Crippen molar-refractivity contribution < 1.29 is 9.47 Å². The van der Waals surface area contributed by atoms with Gasteiger partial charge in [0.1, 0.15) is 0 Å². The SMILES string of the molecule is COc1ccc2c(c1OC)[C@@H]1[C@H]3C(c4ccccc4)=N[C@](c4ccccc4)(C[C@@H]23)[C@H]1C. The third-order valence-electron chi connectivity index (χ3n) is 7.97. The lowest BCUT2D eigenvalue weighted by Gasteiger charge is -2.53. The highest BCUT2D eigenvalue weighted by molar-refractivity contribution is 6.05. The predicted molar refractivity (Wildman–Crippen MR) is 123 cm³/mol. The molecular weight excluding hydrogens is 382 g/mol. The molecule has 2 aliphatic heterocycles. The second kappa shape index (κ2) is 6.71. The highest BCUT2D eigenvalue weighted by Crippen LogP contribution is 2.69. The third-order valence-corrected chi connectivity index (χ3v) is 7.97. The zero-order valence-corrected chi connectivity index (χ0v) is 18.2. The van der Waals surface area contributed by atoms with E-state index in [2.05, 4.69) is 79.7 Å². The number of ether oxygens (including phenoxy) is 2. The first-order valence-corrected chi connectivity index (χ1v) is 11.1. The van der Waals surface area contributed by atoms with Crippen molar-refractivity contribution in [2.45, 2.75) is 30.7 Å². The molecule has 1 fully saturated rings. The van der Waals surface area contributed by atoms with E-state index >= 15 is 0 Å². The molecule has 156 valence electrons. The van der Waals surface area contributed by atoms with E-state index in [-0.39, 0.29) is 5.54 Å². The fraction of sp³-hybridized carbons (Fsp3) is 0.321. The molecule has 3 nitrogen and oxygen atoms in total. The van der Waals surface area contributed by atoms with E-state index in [0.717, 1.165) is 17.9 Å². The van der Waals surface area contributed by atoms with Gasteiger partial charge in [-0.15, -0.1) is 0 Å². The molecule has 3 heteroatoms. The highest BCUT2D eigenvalue weighted by Gasteiger charge is 2.63. The molecule has 0 radical (unpaired) electrons. The Morgan fingerprint density at radius 1 is 0.839 bits per heavy atom. The minimum Gasteiger partial charge on any atom is -0.493 e. The van der Waals surface area contributed by atoms with Gasteiger partial charge < -0.3 is 9.47 Å². The van der Waals surface area contributed by atoms with E-state index in [1.165, 1.54) is 28.0 Å². The Labute approximate surface area is 183 Å². The Hall–Kier alpha value is -3.07. The smallest absolute Gasteiger partial charge is 0.164 e. The first kappa shape index (κ1) is 18.7. The number of rotatable bonds is 4. The van der Waals surface area contributed by atoms with Crippen LogP contribution in [0.25, 0.3) is 0 Å². The fourth-order valence-electron chi connectivity index (χ4n) is 6.71. The second-order valence-electron chi connectivity index (χ2n) is 9.11. The number of methoxy groups -OCH3 is 2. The quantitative estimate of drug-likeness (QED) is 0.534. The minimum absolute atomic E-state index is 0.228. The van der Waals surface area contributed by atoms with Gasteiger partial charge in [-0.05, 0) is 41.0 Å². The van der Waals surface area contributed by atoms with Crippen molar-refractivity contribution in [3.05, 3.63) is 95.1 Å². The normalized spacial score (nSPS) is 30.0. The molecule has 1 saturated carbocycles. The summed E-state index contributed by atoms with van der Waals surface area (Å²) in [4.78, 5) is 5.57. The molecule has 0 saturated heterocycles. The summed E-state index contributed by atoms with van der Waals surface area (Å²) >= 11 is 0. The molecule has 3 aromatic rings. The van der Waals surface area contributed by atoms with Crippen molar-refractivity contribution in [2.24, 2.45) is 16.8 Å². The Balaban J connectivity index is 1.64. The average Bonchev–Trinajstić information content (AvgIpc) is 3.13. The lowest BCUT2D eigenvalue weighted by atomic mass is 9.55. The molecule has 7 rings (SSSR count). The molecular formula is C28H27NO2. The first-order chi connectivity index (χ1) is 15.2. The van der Waals surface area contributed by atoms with Gasteiger partial charge in [-0.1, -0.05) is 73.7 Å². The lowest BCUT2D eigenvalue weighted by Crippen LogP contribution is -2.51. The van der Waals surface area contributed by atoms with Crippen LogP contribution in [0, 0.1) is 11.8 Å². The maximum Gasteiger partial charge on any atom is 0.164 e. The van der Waals surface area contributed by atoms with Gasteiger partial charge in [0.05, 0.1) is 19.8 Å².